The maximum atomic E-state index is 13.5. The number of fused-ring (bicyclic) bond motifs is 2. The summed E-state index contributed by atoms with van der Waals surface area (Å²) < 4.78 is 47.3. The van der Waals surface area contributed by atoms with Crippen LogP contribution in [0.1, 0.15) is 15.9 Å². The second-order valence-electron chi connectivity index (χ2n) is 9.15. The lowest BCUT2D eigenvalue weighted by atomic mass is 10.0. The van der Waals surface area contributed by atoms with Gasteiger partial charge in [0.05, 0.1) is 23.6 Å². The summed E-state index contributed by atoms with van der Waals surface area (Å²) in [7, 11) is 0. The highest BCUT2D eigenvalue weighted by molar-refractivity contribution is 5.98. The normalized spacial score (nSPS) is 19.8. The van der Waals surface area contributed by atoms with Gasteiger partial charge < -0.3 is 19.0 Å². The maximum Gasteiger partial charge on any atom is 0.573 e. The van der Waals surface area contributed by atoms with Crippen LogP contribution in [-0.2, 0) is 0 Å². The van der Waals surface area contributed by atoms with Gasteiger partial charge >= 0.3 is 6.36 Å². The quantitative estimate of drug-likeness (QED) is 0.423. The fraction of sp³-hybridized carbons (Fsp3) is 0.333. The lowest BCUT2D eigenvalue weighted by Crippen LogP contribution is -2.34. The van der Waals surface area contributed by atoms with Crippen molar-refractivity contribution in [2.45, 2.75) is 13.3 Å². The van der Waals surface area contributed by atoms with Crippen LogP contribution in [0.3, 0.4) is 0 Å². The average molecular weight is 498 g/mol. The van der Waals surface area contributed by atoms with E-state index < -0.39 is 6.36 Å². The average Bonchev–Trinajstić information content (AvgIpc) is 3.59. The first-order chi connectivity index (χ1) is 17.2. The minimum atomic E-state index is -4.77. The summed E-state index contributed by atoms with van der Waals surface area (Å²) >= 11 is 0. The lowest BCUT2D eigenvalue weighted by Gasteiger charge is -2.22. The largest absolute Gasteiger partial charge is 0.573 e. The van der Waals surface area contributed by atoms with Crippen LogP contribution in [0.25, 0.3) is 16.8 Å². The number of carbonyl (C=O) groups excluding carboxylic acids is 1. The maximum absolute atomic E-state index is 13.5. The molecule has 0 aliphatic carbocycles. The number of hydrogen-bond acceptors (Lipinski definition) is 7. The van der Waals surface area contributed by atoms with Crippen molar-refractivity contribution in [2.24, 2.45) is 11.8 Å². The zero-order valence-corrected chi connectivity index (χ0v) is 19.1. The minimum Gasteiger partial charge on any atom is -0.423 e. The molecule has 36 heavy (non-hydrogen) atoms. The number of oxazole rings is 1. The smallest absolute Gasteiger partial charge is 0.423 e. The van der Waals surface area contributed by atoms with Crippen LogP contribution in [0.15, 0.2) is 53.2 Å². The number of anilines is 1. The monoisotopic (exact) mass is 498 g/mol. The second kappa shape index (κ2) is 8.25. The van der Waals surface area contributed by atoms with E-state index in [1.807, 2.05) is 34.9 Å². The molecule has 1 amide bonds. The molecule has 2 saturated heterocycles. The van der Waals surface area contributed by atoms with E-state index in [0.717, 1.165) is 5.56 Å². The van der Waals surface area contributed by atoms with E-state index in [1.165, 1.54) is 23.0 Å². The Labute approximate surface area is 203 Å². The Hall–Kier alpha value is -4.09. The van der Waals surface area contributed by atoms with Gasteiger partial charge in [-0.1, -0.05) is 11.6 Å². The highest BCUT2D eigenvalue weighted by Gasteiger charge is 2.43. The number of aryl methyl sites for hydroxylation is 1. The van der Waals surface area contributed by atoms with Crippen LogP contribution >= 0.6 is 0 Å². The third kappa shape index (κ3) is 4.12. The Kier molecular flexibility index (Phi) is 5.13. The van der Waals surface area contributed by atoms with Gasteiger partial charge in [0, 0.05) is 44.1 Å². The molecular weight excluding hydrogens is 477 g/mol. The molecule has 9 nitrogen and oxygen atoms in total. The van der Waals surface area contributed by atoms with Crippen molar-refractivity contribution in [2.75, 3.05) is 31.1 Å². The third-order valence-electron chi connectivity index (χ3n) is 6.64. The molecule has 6 rings (SSSR count). The van der Waals surface area contributed by atoms with Crippen molar-refractivity contribution in [3.63, 3.8) is 0 Å². The molecule has 0 saturated carbocycles. The van der Waals surface area contributed by atoms with Gasteiger partial charge in [-0.3, -0.25) is 4.79 Å². The molecular formula is C24H21F3N6O3. The zero-order chi connectivity index (χ0) is 25.0. The molecule has 0 unspecified atom stereocenters. The van der Waals surface area contributed by atoms with Gasteiger partial charge in [0.2, 0.25) is 0 Å². The van der Waals surface area contributed by atoms with Crippen LogP contribution in [-0.4, -0.2) is 63.3 Å². The van der Waals surface area contributed by atoms with Crippen LogP contribution in [0.2, 0.25) is 0 Å². The van der Waals surface area contributed by atoms with Crippen LogP contribution in [0.4, 0.5) is 19.2 Å². The Bertz CT molecular complexity index is 1420. The van der Waals surface area contributed by atoms with E-state index in [4.69, 9.17) is 4.42 Å². The Balaban J connectivity index is 1.16. The number of rotatable bonds is 4. The molecule has 12 heteroatoms. The van der Waals surface area contributed by atoms with Gasteiger partial charge in [0.1, 0.15) is 11.3 Å². The van der Waals surface area contributed by atoms with Crippen molar-refractivity contribution >= 4 is 23.0 Å². The van der Waals surface area contributed by atoms with E-state index in [-0.39, 0.29) is 23.5 Å². The van der Waals surface area contributed by atoms with Gasteiger partial charge in [-0.2, -0.15) is 20.0 Å². The van der Waals surface area contributed by atoms with Crippen LogP contribution < -0.4 is 9.64 Å². The molecule has 2 aliphatic heterocycles. The number of halogens is 3. The third-order valence-corrected chi connectivity index (χ3v) is 6.64. The summed E-state index contributed by atoms with van der Waals surface area (Å²) in [5.74, 6) is 0.0440. The number of carbonyl (C=O) groups is 1. The van der Waals surface area contributed by atoms with E-state index >= 15 is 0 Å². The lowest BCUT2D eigenvalue weighted by molar-refractivity contribution is -0.274. The standard InChI is InChI=1S/C24H21F3N6O3/c1-14-2-4-20(33-28-6-7-29-33)18(8-14)22(34)31-10-15-12-32(13-16(15)11-31)23-30-19-9-17(36-24(25,26)27)3-5-21(19)35-23/h2-9,15-16H,10-13H2,1H3/t15-,16+. The predicted molar refractivity (Wildman–Crippen MR) is 122 cm³/mol. The number of amides is 1. The molecule has 2 atom stereocenters. The van der Waals surface area contributed by atoms with Gasteiger partial charge in [0.25, 0.3) is 11.9 Å². The molecule has 0 bridgehead atoms. The fourth-order valence-corrected chi connectivity index (χ4v) is 5.05. The predicted octanol–water partition coefficient (Wildman–Crippen LogP) is 3.82. The summed E-state index contributed by atoms with van der Waals surface area (Å²) in [4.78, 5) is 23.1. The second-order valence-corrected chi connectivity index (χ2v) is 9.15. The van der Waals surface area contributed by atoms with Gasteiger partial charge in [-0.15, -0.1) is 13.2 Å². The molecule has 0 N–H and O–H groups in total. The number of benzene rings is 2. The first-order valence-corrected chi connectivity index (χ1v) is 11.4. The molecule has 2 aromatic carbocycles. The van der Waals surface area contributed by atoms with Crippen molar-refractivity contribution in [1.29, 1.82) is 0 Å². The molecule has 186 valence electrons. The SMILES string of the molecule is Cc1ccc(-n2nccn2)c(C(=O)N2C[C@@H]3CN(c4nc5cc(OC(F)(F)F)ccc5o4)C[C@@H]3C2)c1. The van der Waals surface area contributed by atoms with Crippen molar-refractivity contribution in [3.05, 3.63) is 59.9 Å². The number of likely N-dealkylation sites (tertiary alicyclic amines) is 1. The fourth-order valence-electron chi connectivity index (χ4n) is 5.05. The molecule has 0 spiro atoms. The summed E-state index contributed by atoms with van der Waals surface area (Å²) in [6.07, 6.45) is -1.64. The minimum absolute atomic E-state index is 0.0639. The number of hydrogen-bond donors (Lipinski definition) is 0. The summed E-state index contributed by atoms with van der Waals surface area (Å²) in [6.45, 7) is 4.38. The van der Waals surface area contributed by atoms with Crippen LogP contribution in [0, 0.1) is 18.8 Å². The van der Waals surface area contributed by atoms with Crippen LogP contribution in [0.5, 0.6) is 5.75 Å². The molecule has 2 aromatic heterocycles. The Morgan fingerprint density at radius 1 is 1.03 bits per heavy atom. The molecule has 0 radical (unpaired) electrons. The van der Waals surface area contributed by atoms with E-state index in [2.05, 4.69) is 19.9 Å². The van der Waals surface area contributed by atoms with E-state index in [9.17, 15) is 18.0 Å². The van der Waals surface area contributed by atoms with Crippen molar-refractivity contribution < 1.29 is 27.1 Å². The van der Waals surface area contributed by atoms with Gasteiger partial charge in [0.15, 0.2) is 5.58 Å². The first-order valence-electron chi connectivity index (χ1n) is 11.4. The molecule has 2 fully saturated rings. The Morgan fingerprint density at radius 2 is 1.75 bits per heavy atom. The summed E-state index contributed by atoms with van der Waals surface area (Å²) in [5.41, 5.74) is 2.83. The van der Waals surface area contributed by atoms with Crippen molar-refractivity contribution in [3.8, 4) is 11.4 Å². The molecule has 4 aromatic rings. The van der Waals surface area contributed by atoms with Gasteiger partial charge in [-0.05, 0) is 31.2 Å². The molecule has 4 heterocycles. The topological polar surface area (TPSA) is 89.5 Å². The van der Waals surface area contributed by atoms with E-state index in [0.29, 0.717) is 54.5 Å². The highest BCUT2D eigenvalue weighted by atomic mass is 19.4. The number of nitrogens with zero attached hydrogens (tertiary/aromatic N) is 6. The van der Waals surface area contributed by atoms with Crippen molar-refractivity contribution in [1.82, 2.24) is 24.9 Å². The number of aromatic nitrogens is 4. The summed E-state index contributed by atoms with van der Waals surface area (Å²) in [6, 6.07) is 9.80. The zero-order valence-electron chi connectivity index (χ0n) is 19.1. The highest BCUT2D eigenvalue weighted by Crippen LogP contribution is 2.36. The molecule has 2 aliphatic rings. The first kappa shape index (κ1) is 22.4. The Morgan fingerprint density at radius 3 is 2.44 bits per heavy atom. The number of ether oxygens (including phenoxy) is 1. The van der Waals surface area contributed by atoms with E-state index in [1.54, 1.807) is 12.4 Å². The van der Waals surface area contributed by atoms with Gasteiger partial charge in [-0.25, -0.2) is 0 Å². The summed E-state index contributed by atoms with van der Waals surface area (Å²) in [5, 5.41) is 8.35. The number of alkyl halides is 3.